The third kappa shape index (κ3) is 1.30. The molecule has 60 valence electrons. The Morgan fingerprint density at radius 1 is 1.36 bits per heavy atom. The number of nitrogens with two attached hydrogens (primary N) is 2. The highest BCUT2D eigenvalue weighted by Crippen LogP contribution is 2.30. The summed E-state index contributed by atoms with van der Waals surface area (Å²) in [6.07, 6.45) is 0. The largest absolute Gasteiger partial charge is 0.397 e. The fourth-order valence-corrected chi connectivity index (χ4v) is 1.12. The smallest absolute Gasteiger partial charge is 0.139 e. The third-order valence-corrected chi connectivity index (χ3v) is 2.31. The van der Waals surface area contributed by atoms with Gasteiger partial charge in [0, 0.05) is 0 Å². The molecule has 0 bridgehead atoms. The number of aryl methyl sites for hydroxylation is 1. The van der Waals surface area contributed by atoms with E-state index in [0.717, 1.165) is 0 Å². The van der Waals surface area contributed by atoms with Gasteiger partial charge in [0.25, 0.3) is 0 Å². The Bertz CT molecular complexity index is 273. The maximum Gasteiger partial charge on any atom is 0.139 e. The summed E-state index contributed by atoms with van der Waals surface area (Å²) in [6, 6.07) is 1.34. The van der Waals surface area contributed by atoms with Gasteiger partial charge >= 0.3 is 0 Å². The summed E-state index contributed by atoms with van der Waals surface area (Å²) in [7, 11) is 0. The maximum absolute atomic E-state index is 12.8. The summed E-state index contributed by atoms with van der Waals surface area (Å²) in [5.74, 6) is -0.380. The van der Waals surface area contributed by atoms with Crippen molar-refractivity contribution in [2.75, 3.05) is 11.5 Å². The molecule has 4 N–H and O–H groups in total. The first-order valence-electron chi connectivity index (χ1n) is 3.03. The van der Waals surface area contributed by atoms with Crippen molar-refractivity contribution in [2.45, 2.75) is 6.92 Å². The van der Waals surface area contributed by atoms with Crippen molar-refractivity contribution >= 4 is 27.3 Å². The van der Waals surface area contributed by atoms with Crippen LogP contribution in [-0.2, 0) is 0 Å². The van der Waals surface area contributed by atoms with E-state index in [9.17, 15) is 4.39 Å². The molecule has 0 aliphatic rings. The van der Waals surface area contributed by atoms with Gasteiger partial charge in [0.15, 0.2) is 0 Å². The average molecular weight is 219 g/mol. The first kappa shape index (κ1) is 8.33. The van der Waals surface area contributed by atoms with E-state index in [1.54, 1.807) is 6.92 Å². The number of hydrogen-bond donors (Lipinski definition) is 2. The van der Waals surface area contributed by atoms with Crippen molar-refractivity contribution in [3.63, 3.8) is 0 Å². The normalized spacial score (nSPS) is 10.1. The lowest BCUT2D eigenvalue weighted by molar-refractivity contribution is 0.621. The average Bonchev–Trinajstić information content (AvgIpc) is 1.97. The van der Waals surface area contributed by atoms with Crippen LogP contribution in [0.25, 0.3) is 0 Å². The van der Waals surface area contributed by atoms with Gasteiger partial charge in [-0.25, -0.2) is 4.39 Å². The van der Waals surface area contributed by atoms with Crippen molar-refractivity contribution in [1.82, 2.24) is 0 Å². The molecule has 1 aromatic rings. The Morgan fingerprint density at radius 2 is 1.91 bits per heavy atom. The molecular formula is C7H8BrFN2. The van der Waals surface area contributed by atoms with Gasteiger partial charge in [-0.3, -0.25) is 0 Å². The fraction of sp³-hybridized carbons (Fsp3) is 0.143. The molecule has 2 nitrogen and oxygen atoms in total. The predicted molar refractivity (Wildman–Crippen MR) is 47.7 cm³/mol. The summed E-state index contributed by atoms with van der Waals surface area (Å²) in [4.78, 5) is 0. The zero-order valence-corrected chi connectivity index (χ0v) is 7.57. The summed E-state index contributed by atoms with van der Waals surface area (Å²) in [5, 5.41) is 0. The summed E-state index contributed by atoms with van der Waals surface area (Å²) in [5.41, 5.74) is 12.4. The molecule has 0 aliphatic heterocycles. The number of nitrogen functional groups attached to an aromatic ring is 2. The molecule has 0 saturated carbocycles. The Balaban J connectivity index is 3.46. The predicted octanol–water partition coefficient (Wildman–Crippen LogP) is 2.06. The van der Waals surface area contributed by atoms with E-state index >= 15 is 0 Å². The molecule has 0 aromatic heterocycles. The highest BCUT2D eigenvalue weighted by Gasteiger charge is 2.08. The first-order chi connectivity index (χ1) is 5.04. The monoisotopic (exact) mass is 218 g/mol. The van der Waals surface area contributed by atoms with Crippen LogP contribution in [0.3, 0.4) is 0 Å². The van der Waals surface area contributed by atoms with Crippen LogP contribution in [0.15, 0.2) is 10.5 Å². The van der Waals surface area contributed by atoms with E-state index in [1.165, 1.54) is 6.07 Å². The van der Waals surface area contributed by atoms with E-state index in [4.69, 9.17) is 11.5 Å². The van der Waals surface area contributed by atoms with Crippen LogP contribution in [0, 0.1) is 12.7 Å². The van der Waals surface area contributed by atoms with Crippen LogP contribution in [0.5, 0.6) is 0 Å². The molecule has 0 unspecified atom stereocenters. The van der Waals surface area contributed by atoms with Crippen molar-refractivity contribution in [3.8, 4) is 0 Å². The van der Waals surface area contributed by atoms with Gasteiger partial charge in [-0.15, -0.1) is 0 Å². The summed E-state index contributed by atoms with van der Waals surface area (Å²) < 4.78 is 13.1. The van der Waals surface area contributed by atoms with Crippen molar-refractivity contribution in [1.29, 1.82) is 0 Å². The zero-order chi connectivity index (χ0) is 8.59. The van der Waals surface area contributed by atoms with E-state index in [2.05, 4.69) is 15.9 Å². The minimum Gasteiger partial charge on any atom is -0.397 e. The minimum absolute atomic E-state index is 0.237. The SMILES string of the molecule is Cc1cc(F)c(Br)c(N)c1N. The molecule has 0 saturated heterocycles. The Morgan fingerprint density at radius 3 is 2.45 bits per heavy atom. The fourth-order valence-electron chi connectivity index (χ4n) is 0.791. The van der Waals surface area contributed by atoms with Gasteiger partial charge in [0.1, 0.15) is 5.82 Å². The number of halogens is 2. The number of rotatable bonds is 0. The van der Waals surface area contributed by atoms with E-state index in [-0.39, 0.29) is 16.0 Å². The molecular weight excluding hydrogens is 211 g/mol. The van der Waals surface area contributed by atoms with Crippen molar-refractivity contribution in [3.05, 3.63) is 21.9 Å². The van der Waals surface area contributed by atoms with E-state index in [0.29, 0.717) is 11.3 Å². The second-order valence-corrected chi connectivity index (χ2v) is 3.11. The number of benzene rings is 1. The van der Waals surface area contributed by atoms with Gasteiger partial charge in [-0.05, 0) is 34.5 Å². The van der Waals surface area contributed by atoms with Gasteiger partial charge in [0.05, 0.1) is 15.8 Å². The van der Waals surface area contributed by atoms with Crippen LogP contribution in [-0.4, -0.2) is 0 Å². The first-order valence-corrected chi connectivity index (χ1v) is 3.83. The number of hydrogen-bond acceptors (Lipinski definition) is 2. The minimum atomic E-state index is -0.380. The molecule has 11 heavy (non-hydrogen) atoms. The third-order valence-electron chi connectivity index (χ3n) is 1.50. The summed E-state index contributed by atoms with van der Waals surface area (Å²) in [6.45, 7) is 1.71. The van der Waals surface area contributed by atoms with Crippen molar-refractivity contribution < 1.29 is 4.39 Å². The van der Waals surface area contributed by atoms with Gasteiger partial charge in [-0.1, -0.05) is 0 Å². The molecule has 0 radical (unpaired) electrons. The molecule has 0 spiro atoms. The van der Waals surface area contributed by atoms with Crippen LogP contribution >= 0.6 is 15.9 Å². The molecule has 0 amide bonds. The van der Waals surface area contributed by atoms with Crippen LogP contribution in [0.1, 0.15) is 5.56 Å². The van der Waals surface area contributed by atoms with Crippen LogP contribution in [0.4, 0.5) is 15.8 Å². The lowest BCUT2D eigenvalue weighted by atomic mass is 10.2. The highest BCUT2D eigenvalue weighted by molar-refractivity contribution is 9.10. The zero-order valence-electron chi connectivity index (χ0n) is 5.99. The lowest BCUT2D eigenvalue weighted by Crippen LogP contribution is -2.00. The second-order valence-electron chi connectivity index (χ2n) is 2.32. The van der Waals surface area contributed by atoms with Gasteiger partial charge in [0.2, 0.25) is 0 Å². The molecule has 4 heteroatoms. The van der Waals surface area contributed by atoms with Crippen LogP contribution in [0.2, 0.25) is 0 Å². The Kier molecular flexibility index (Phi) is 2.04. The maximum atomic E-state index is 12.8. The Labute approximate surface area is 72.5 Å². The number of anilines is 2. The van der Waals surface area contributed by atoms with Crippen molar-refractivity contribution in [2.24, 2.45) is 0 Å². The van der Waals surface area contributed by atoms with Gasteiger partial charge < -0.3 is 11.5 Å². The topological polar surface area (TPSA) is 52.0 Å². The Hall–Kier alpha value is -0.770. The second kappa shape index (κ2) is 2.70. The lowest BCUT2D eigenvalue weighted by Gasteiger charge is -2.06. The molecule has 0 atom stereocenters. The van der Waals surface area contributed by atoms with Gasteiger partial charge in [-0.2, -0.15) is 0 Å². The molecule has 1 rings (SSSR count). The van der Waals surface area contributed by atoms with E-state index < -0.39 is 0 Å². The molecule has 0 heterocycles. The molecule has 0 fully saturated rings. The summed E-state index contributed by atoms with van der Waals surface area (Å²) >= 11 is 2.98. The van der Waals surface area contributed by atoms with E-state index in [1.807, 2.05) is 0 Å². The van der Waals surface area contributed by atoms with Crippen LogP contribution < -0.4 is 11.5 Å². The standard InChI is InChI=1S/C7H8BrFN2/c1-3-2-4(9)5(8)7(11)6(3)10/h2H,10-11H2,1H3. The molecule has 0 aliphatic carbocycles. The highest BCUT2D eigenvalue weighted by atomic mass is 79.9. The quantitative estimate of drug-likeness (QED) is 0.656. The molecule has 1 aromatic carbocycles.